The van der Waals surface area contributed by atoms with Crippen molar-refractivity contribution in [2.45, 2.75) is 5.03 Å². The maximum atomic E-state index is 13.7. The summed E-state index contributed by atoms with van der Waals surface area (Å²) in [5.41, 5.74) is 3.47. The molecular formula is C24H18N8O3S. The number of hydrogen-bond acceptors (Lipinski definition) is 7. The van der Waals surface area contributed by atoms with Gasteiger partial charge < -0.3 is 5.32 Å². The van der Waals surface area contributed by atoms with Gasteiger partial charge in [-0.25, -0.2) is 4.98 Å². The molecule has 1 amide bonds. The van der Waals surface area contributed by atoms with Crippen molar-refractivity contribution < 1.29 is 13.2 Å². The smallest absolute Gasteiger partial charge is 0.301 e. The minimum absolute atomic E-state index is 0.0630. The number of nitrogens with one attached hydrogen (secondary N) is 1. The Bertz CT molecular complexity index is 1870. The van der Waals surface area contributed by atoms with Crippen molar-refractivity contribution in [2.24, 2.45) is 7.05 Å². The molecule has 0 aliphatic heterocycles. The van der Waals surface area contributed by atoms with Crippen LogP contribution in [0.2, 0.25) is 0 Å². The molecule has 1 N–H and O–H groups in total. The number of imidazole rings is 1. The Morgan fingerprint density at radius 1 is 0.889 bits per heavy atom. The highest BCUT2D eigenvalue weighted by Crippen LogP contribution is 2.25. The van der Waals surface area contributed by atoms with Gasteiger partial charge in [0.05, 0.1) is 30.5 Å². The maximum absolute atomic E-state index is 13.7. The van der Waals surface area contributed by atoms with Gasteiger partial charge in [0.25, 0.3) is 5.91 Å². The third-order valence-electron chi connectivity index (χ3n) is 5.68. The van der Waals surface area contributed by atoms with Crippen molar-refractivity contribution in [2.75, 3.05) is 5.32 Å². The summed E-state index contributed by atoms with van der Waals surface area (Å²) in [5.74, 6) is -0.338. The molecule has 5 heterocycles. The summed E-state index contributed by atoms with van der Waals surface area (Å²) >= 11 is 0. The number of amides is 1. The zero-order valence-electron chi connectivity index (χ0n) is 18.8. The average Bonchev–Trinajstić information content (AvgIpc) is 3.62. The highest BCUT2D eigenvalue weighted by molar-refractivity contribution is 7.90. The quantitative estimate of drug-likeness (QED) is 0.387. The number of carbonyl (C=O) groups excluding carboxylic acids is 1. The van der Waals surface area contributed by atoms with Gasteiger partial charge in [-0.05, 0) is 30.3 Å². The van der Waals surface area contributed by atoms with Crippen LogP contribution in [0.4, 0.5) is 5.69 Å². The molecule has 0 spiro atoms. The Morgan fingerprint density at radius 3 is 2.50 bits per heavy atom. The van der Waals surface area contributed by atoms with Gasteiger partial charge in [0.15, 0.2) is 5.03 Å². The van der Waals surface area contributed by atoms with Gasteiger partial charge in [0.2, 0.25) is 0 Å². The third-order valence-corrected chi connectivity index (χ3v) is 7.26. The second kappa shape index (κ2) is 8.13. The zero-order chi connectivity index (χ0) is 24.9. The summed E-state index contributed by atoms with van der Waals surface area (Å²) in [6, 6.07) is 13.8. The normalized spacial score (nSPS) is 11.8. The van der Waals surface area contributed by atoms with E-state index in [9.17, 15) is 13.2 Å². The predicted octanol–water partition coefficient (Wildman–Crippen LogP) is 2.97. The SMILES string of the molecule is Cn1cc(-c2ccc3ncc(S(=O)(=O)n4ncc5ncc(NC(=O)c6ccccc6)cc54)n3c2)cn1. The first-order valence-electron chi connectivity index (χ1n) is 10.8. The molecule has 6 rings (SSSR count). The molecule has 0 aliphatic carbocycles. The van der Waals surface area contributed by atoms with Gasteiger partial charge in [-0.15, -0.1) is 0 Å². The number of rotatable bonds is 5. The first kappa shape index (κ1) is 21.7. The number of hydrogen-bond donors (Lipinski definition) is 1. The van der Waals surface area contributed by atoms with Crippen molar-refractivity contribution in [1.82, 2.24) is 33.3 Å². The van der Waals surface area contributed by atoms with Crippen LogP contribution in [0.1, 0.15) is 10.4 Å². The monoisotopic (exact) mass is 498 g/mol. The molecule has 6 aromatic rings. The molecular weight excluding hydrogens is 480 g/mol. The van der Waals surface area contributed by atoms with Crippen molar-refractivity contribution in [1.29, 1.82) is 0 Å². The van der Waals surface area contributed by atoms with E-state index in [0.717, 1.165) is 15.2 Å². The topological polar surface area (TPSA) is 129 Å². The number of pyridine rings is 2. The fraction of sp³-hybridized carbons (Fsp3) is 0.0417. The molecule has 0 aliphatic rings. The van der Waals surface area contributed by atoms with Crippen molar-refractivity contribution >= 4 is 38.3 Å². The number of aromatic nitrogens is 7. The Morgan fingerprint density at radius 2 is 1.72 bits per heavy atom. The van der Waals surface area contributed by atoms with E-state index < -0.39 is 10.0 Å². The van der Waals surface area contributed by atoms with E-state index in [4.69, 9.17) is 0 Å². The molecule has 0 saturated heterocycles. The first-order chi connectivity index (χ1) is 17.4. The van der Waals surface area contributed by atoms with E-state index >= 15 is 0 Å². The lowest BCUT2D eigenvalue weighted by molar-refractivity contribution is 0.102. The number of anilines is 1. The number of benzene rings is 1. The Labute approximate surface area is 204 Å². The minimum atomic E-state index is -4.16. The molecule has 0 fully saturated rings. The van der Waals surface area contributed by atoms with Crippen LogP contribution in [-0.2, 0) is 17.1 Å². The average molecular weight is 499 g/mol. The van der Waals surface area contributed by atoms with E-state index in [1.54, 1.807) is 47.4 Å². The zero-order valence-corrected chi connectivity index (χ0v) is 19.7. The summed E-state index contributed by atoms with van der Waals surface area (Å²) in [5, 5.41) is 11.0. The van der Waals surface area contributed by atoms with Crippen LogP contribution in [-0.4, -0.2) is 47.7 Å². The highest BCUT2D eigenvalue weighted by atomic mass is 32.2. The van der Waals surface area contributed by atoms with Gasteiger partial charge in [0.1, 0.15) is 16.7 Å². The van der Waals surface area contributed by atoms with Crippen LogP contribution >= 0.6 is 0 Å². The van der Waals surface area contributed by atoms with Crippen LogP contribution in [0.5, 0.6) is 0 Å². The van der Waals surface area contributed by atoms with E-state index in [1.165, 1.54) is 29.1 Å². The molecule has 0 atom stereocenters. The van der Waals surface area contributed by atoms with Crippen molar-refractivity contribution in [3.63, 3.8) is 0 Å². The summed E-state index contributed by atoms with van der Waals surface area (Å²) in [6.45, 7) is 0. The number of nitrogens with zero attached hydrogens (tertiary/aromatic N) is 7. The van der Waals surface area contributed by atoms with E-state index in [2.05, 4.69) is 25.5 Å². The molecule has 1 aromatic carbocycles. The summed E-state index contributed by atoms with van der Waals surface area (Å²) in [7, 11) is -2.36. The lowest BCUT2D eigenvalue weighted by atomic mass is 10.2. The minimum Gasteiger partial charge on any atom is -0.321 e. The van der Waals surface area contributed by atoms with Crippen LogP contribution in [0, 0.1) is 0 Å². The third kappa shape index (κ3) is 3.60. The van der Waals surface area contributed by atoms with Gasteiger partial charge in [0, 0.05) is 36.1 Å². The Kier molecular flexibility index (Phi) is 4.90. The largest absolute Gasteiger partial charge is 0.321 e. The fourth-order valence-electron chi connectivity index (χ4n) is 3.92. The van der Waals surface area contributed by atoms with Gasteiger partial charge in [-0.3, -0.25) is 18.9 Å². The second-order valence-corrected chi connectivity index (χ2v) is 9.80. The van der Waals surface area contributed by atoms with Crippen LogP contribution in [0.3, 0.4) is 0 Å². The molecule has 0 radical (unpaired) electrons. The van der Waals surface area contributed by atoms with Crippen LogP contribution in [0.25, 0.3) is 27.8 Å². The number of aryl methyl sites for hydroxylation is 1. The molecule has 0 unspecified atom stereocenters. The predicted molar refractivity (Wildman–Crippen MR) is 132 cm³/mol. The number of fused-ring (bicyclic) bond motifs is 2. The summed E-state index contributed by atoms with van der Waals surface area (Å²) in [6.07, 6.45) is 9.34. The van der Waals surface area contributed by atoms with Crippen molar-refractivity contribution in [3.8, 4) is 11.1 Å². The van der Waals surface area contributed by atoms with Crippen LogP contribution in [0.15, 0.2) is 90.7 Å². The fourth-order valence-corrected chi connectivity index (χ4v) is 5.25. The number of carbonyl (C=O) groups is 1. The molecule has 178 valence electrons. The van der Waals surface area contributed by atoms with E-state index in [1.807, 2.05) is 25.4 Å². The van der Waals surface area contributed by atoms with Gasteiger partial charge in [-0.2, -0.15) is 22.7 Å². The standard InChI is InChI=1S/C24H18N8O3S/c1-30-14-18(10-27-30)17-7-8-22-26-13-23(31(22)15-17)36(34,35)32-21-9-19(11-25-20(21)12-28-32)29-24(33)16-5-3-2-4-6-16/h2-15H,1H3,(H,29,33). The van der Waals surface area contributed by atoms with Crippen LogP contribution < -0.4 is 5.32 Å². The molecule has 0 saturated carbocycles. The Balaban J connectivity index is 1.41. The van der Waals surface area contributed by atoms with Crippen molar-refractivity contribution in [3.05, 3.63) is 91.3 Å². The summed E-state index contributed by atoms with van der Waals surface area (Å²) < 4.78 is 31.5. The molecule has 11 nitrogen and oxygen atoms in total. The maximum Gasteiger partial charge on any atom is 0.301 e. The second-order valence-electron chi connectivity index (χ2n) is 8.09. The lowest BCUT2D eigenvalue weighted by Gasteiger charge is -2.08. The van der Waals surface area contributed by atoms with Gasteiger partial charge in [-0.1, -0.05) is 18.2 Å². The van der Waals surface area contributed by atoms with E-state index in [-0.39, 0.29) is 16.4 Å². The molecule has 0 bridgehead atoms. The highest BCUT2D eigenvalue weighted by Gasteiger charge is 2.25. The summed E-state index contributed by atoms with van der Waals surface area (Å²) in [4.78, 5) is 21.1. The Hall–Kier alpha value is -4.84. The van der Waals surface area contributed by atoms with E-state index in [0.29, 0.717) is 22.4 Å². The lowest BCUT2D eigenvalue weighted by Crippen LogP contribution is -2.17. The molecule has 12 heteroatoms. The van der Waals surface area contributed by atoms with Gasteiger partial charge >= 0.3 is 10.0 Å². The molecule has 36 heavy (non-hydrogen) atoms. The molecule has 5 aromatic heterocycles. The first-order valence-corrected chi connectivity index (χ1v) is 12.3.